The molecule has 1 amide bonds. The third-order valence-electron chi connectivity index (χ3n) is 3.22. The second-order valence-electron chi connectivity index (χ2n) is 4.65. The maximum Gasteiger partial charge on any atom is 0.248 e. The molecule has 0 bridgehead atoms. The Morgan fingerprint density at radius 1 is 1.33 bits per heavy atom. The molecule has 0 saturated carbocycles. The van der Waals surface area contributed by atoms with Crippen molar-refractivity contribution in [2.45, 2.75) is 19.0 Å². The Bertz CT molecular complexity index is 651. The van der Waals surface area contributed by atoms with Crippen molar-refractivity contribution in [1.82, 2.24) is 14.8 Å². The fourth-order valence-electron chi connectivity index (χ4n) is 2.23. The number of alkyl halides is 1. The molecule has 5 nitrogen and oxygen atoms in total. The number of hydrogen-bond donors (Lipinski definition) is 0. The predicted octanol–water partition coefficient (Wildman–Crippen LogP) is 3.06. The predicted molar refractivity (Wildman–Crippen MR) is 86.6 cm³/mol. The monoisotopic (exact) mass is 324 g/mol. The number of rotatable bonds is 4. The standard InChI is InChI=1S/C14H17ClN4OS/c1-9-6-5-7-10(2)12(9)19(11(20)8-15)13-16-17-14(21-4)18(13)3/h5-7H,8H2,1-4H3. The van der Waals surface area contributed by atoms with E-state index < -0.39 is 0 Å². The summed E-state index contributed by atoms with van der Waals surface area (Å²) in [5.74, 6) is 0.134. The quantitative estimate of drug-likeness (QED) is 0.640. The van der Waals surface area contributed by atoms with Crippen LogP contribution >= 0.6 is 23.4 Å². The zero-order valence-electron chi connectivity index (χ0n) is 12.4. The van der Waals surface area contributed by atoms with Gasteiger partial charge in [-0.2, -0.15) is 0 Å². The summed E-state index contributed by atoms with van der Waals surface area (Å²) in [6.45, 7) is 3.92. The van der Waals surface area contributed by atoms with E-state index >= 15 is 0 Å². The van der Waals surface area contributed by atoms with Crippen LogP contribution in [-0.4, -0.2) is 32.8 Å². The Morgan fingerprint density at radius 2 is 1.95 bits per heavy atom. The van der Waals surface area contributed by atoms with Crippen molar-refractivity contribution in [3.05, 3.63) is 29.3 Å². The molecule has 0 saturated heterocycles. The highest BCUT2D eigenvalue weighted by atomic mass is 35.5. The van der Waals surface area contributed by atoms with Crippen molar-refractivity contribution < 1.29 is 4.79 Å². The second-order valence-corrected chi connectivity index (χ2v) is 5.69. The van der Waals surface area contributed by atoms with Gasteiger partial charge in [0.25, 0.3) is 0 Å². The van der Waals surface area contributed by atoms with Gasteiger partial charge < -0.3 is 0 Å². The van der Waals surface area contributed by atoms with Crippen molar-refractivity contribution >= 4 is 40.9 Å². The van der Waals surface area contributed by atoms with Gasteiger partial charge >= 0.3 is 0 Å². The van der Waals surface area contributed by atoms with Crippen LogP contribution in [0.1, 0.15) is 11.1 Å². The normalized spacial score (nSPS) is 10.7. The number of aromatic nitrogens is 3. The minimum absolute atomic E-state index is 0.116. The Balaban J connectivity index is 2.64. The Labute approximate surface area is 133 Å². The molecular formula is C14H17ClN4OS. The third-order valence-corrected chi connectivity index (χ3v) is 4.17. The highest BCUT2D eigenvalue weighted by molar-refractivity contribution is 7.98. The number of carbonyl (C=O) groups excluding carboxylic acids is 1. The largest absolute Gasteiger partial charge is 0.291 e. The molecule has 1 aromatic carbocycles. The van der Waals surface area contributed by atoms with Gasteiger partial charge in [0, 0.05) is 7.05 Å². The topological polar surface area (TPSA) is 51.0 Å². The fraction of sp³-hybridized carbons (Fsp3) is 0.357. The number of anilines is 2. The van der Waals surface area contributed by atoms with Crippen molar-refractivity contribution in [3.63, 3.8) is 0 Å². The molecule has 1 aromatic heterocycles. The molecule has 21 heavy (non-hydrogen) atoms. The van der Waals surface area contributed by atoms with Gasteiger partial charge in [0.2, 0.25) is 11.9 Å². The SMILES string of the molecule is CSc1nnc(N(C(=O)CCl)c2c(C)cccc2C)n1C. The lowest BCUT2D eigenvalue weighted by Crippen LogP contribution is -2.30. The van der Waals surface area contributed by atoms with Crippen LogP contribution in [0.2, 0.25) is 0 Å². The van der Waals surface area contributed by atoms with Gasteiger partial charge in [-0.25, -0.2) is 4.90 Å². The Morgan fingerprint density at radius 3 is 2.43 bits per heavy atom. The summed E-state index contributed by atoms with van der Waals surface area (Å²) in [6.07, 6.45) is 1.92. The average Bonchev–Trinajstić information content (AvgIpc) is 2.83. The van der Waals surface area contributed by atoms with E-state index in [1.54, 1.807) is 9.47 Å². The lowest BCUT2D eigenvalue weighted by atomic mass is 10.1. The summed E-state index contributed by atoms with van der Waals surface area (Å²) in [6, 6.07) is 5.88. The number of aryl methyl sites for hydroxylation is 2. The van der Waals surface area contributed by atoms with E-state index in [0.717, 1.165) is 22.0 Å². The first kappa shape index (κ1) is 15.9. The van der Waals surface area contributed by atoms with Gasteiger partial charge in [0.1, 0.15) is 5.88 Å². The zero-order chi connectivity index (χ0) is 15.6. The Kier molecular flexibility index (Phi) is 4.90. The molecule has 2 aromatic rings. The summed E-state index contributed by atoms with van der Waals surface area (Å²) in [5, 5.41) is 8.99. The first-order valence-corrected chi connectivity index (χ1v) is 8.15. The number of amides is 1. The molecule has 0 fully saturated rings. The van der Waals surface area contributed by atoms with Crippen molar-refractivity contribution in [1.29, 1.82) is 0 Å². The number of halogens is 1. The van der Waals surface area contributed by atoms with E-state index in [2.05, 4.69) is 10.2 Å². The smallest absolute Gasteiger partial charge is 0.248 e. The number of thioether (sulfide) groups is 1. The molecule has 0 N–H and O–H groups in total. The van der Waals surface area contributed by atoms with Gasteiger partial charge in [-0.15, -0.1) is 21.8 Å². The number of hydrogen-bond acceptors (Lipinski definition) is 4. The van der Waals surface area contributed by atoms with E-state index in [1.165, 1.54) is 11.8 Å². The molecule has 0 atom stereocenters. The van der Waals surface area contributed by atoms with Crippen molar-refractivity contribution in [3.8, 4) is 0 Å². The average molecular weight is 325 g/mol. The number of nitrogens with zero attached hydrogens (tertiary/aromatic N) is 4. The van der Waals surface area contributed by atoms with Crippen LogP contribution in [0.4, 0.5) is 11.6 Å². The minimum Gasteiger partial charge on any atom is -0.291 e. The van der Waals surface area contributed by atoms with E-state index in [1.807, 2.05) is 45.4 Å². The van der Waals surface area contributed by atoms with Crippen LogP contribution in [0.15, 0.2) is 23.4 Å². The van der Waals surface area contributed by atoms with E-state index in [-0.39, 0.29) is 11.8 Å². The molecule has 0 aliphatic heterocycles. The molecule has 0 aliphatic carbocycles. The van der Waals surface area contributed by atoms with Crippen LogP contribution in [-0.2, 0) is 11.8 Å². The molecule has 0 aliphatic rings. The number of benzene rings is 1. The molecule has 112 valence electrons. The highest BCUT2D eigenvalue weighted by Gasteiger charge is 2.25. The van der Waals surface area contributed by atoms with Gasteiger partial charge in [0.05, 0.1) is 5.69 Å². The molecular weight excluding hydrogens is 308 g/mol. The number of carbonyl (C=O) groups is 1. The zero-order valence-corrected chi connectivity index (χ0v) is 14.0. The van der Waals surface area contributed by atoms with Crippen LogP contribution in [0.25, 0.3) is 0 Å². The van der Waals surface area contributed by atoms with Crippen LogP contribution in [0, 0.1) is 13.8 Å². The van der Waals surface area contributed by atoms with Gasteiger partial charge in [-0.1, -0.05) is 30.0 Å². The Hall–Kier alpha value is -1.53. The fourth-order valence-corrected chi connectivity index (χ4v) is 2.83. The lowest BCUT2D eigenvalue weighted by molar-refractivity contribution is -0.115. The summed E-state index contributed by atoms with van der Waals surface area (Å²) in [4.78, 5) is 13.9. The number of para-hydroxylation sites is 1. The van der Waals surface area contributed by atoms with Crippen LogP contribution in [0.5, 0.6) is 0 Å². The molecule has 0 spiro atoms. The molecule has 2 rings (SSSR count). The summed E-state index contributed by atoms with van der Waals surface area (Å²) in [5.41, 5.74) is 2.79. The van der Waals surface area contributed by atoms with E-state index in [0.29, 0.717) is 5.95 Å². The lowest BCUT2D eigenvalue weighted by Gasteiger charge is -2.24. The summed E-state index contributed by atoms with van der Waals surface area (Å²) >= 11 is 7.27. The molecule has 1 heterocycles. The maximum atomic E-state index is 12.4. The summed E-state index contributed by atoms with van der Waals surface area (Å²) < 4.78 is 1.79. The first-order chi connectivity index (χ1) is 10.0. The minimum atomic E-state index is -0.225. The molecule has 7 heteroatoms. The summed E-state index contributed by atoms with van der Waals surface area (Å²) in [7, 11) is 1.84. The third kappa shape index (κ3) is 2.91. The van der Waals surface area contributed by atoms with Crippen LogP contribution < -0.4 is 4.90 Å². The van der Waals surface area contributed by atoms with E-state index in [9.17, 15) is 4.79 Å². The first-order valence-electron chi connectivity index (χ1n) is 6.39. The van der Waals surface area contributed by atoms with Gasteiger partial charge in [0.15, 0.2) is 5.16 Å². The molecule has 0 radical (unpaired) electrons. The molecule has 0 unspecified atom stereocenters. The van der Waals surface area contributed by atoms with Crippen LogP contribution in [0.3, 0.4) is 0 Å². The van der Waals surface area contributed by atoms with E-state index in [4.69, 9.17) is 11.6 Å². The second kappa shape index (κ2) is 6.49. The van der Waals surface area contributed by atoms with Crippen molar-refractivity contribution in [2.24, 2.45) is 7.05 Å². The highest BCUT2D eigenvalue weighted by Crippen LogP contribution is 2.31. The maximum absolute atomic E-state index is 12.4. The van der Waals surface area contributed by atoms with Gasteiger partial charge in [-0.3, -0.25) is 9.36 Å². The van der Waals surface area contributed by atoms with Crippen molar-refractivity contribution in [2.75, 3.05) is 17.0 Å². The van der Waals surface area contributed by atoms with Gasteiger partial charge in [-0.05, 0) is 31.2 Å².